The summed E-state index contributed by atoms with van der Waals surface area (Å²) in [6, 6.07) is 6.22. The van der Waals surface area contributed by atoms with Crippen LogP contribution in [0.1, 0.15) is 26.3 Å². The Kier molecular flexibility index (Phi) is 4.26. The molecule has 21 heavy (non-hydrogen) atoms. The van der Waals surface area contributed by atoms with Gasteiger partial charge in [0.25, 0.3) is 0 Å². The second-order valence-electron chi connectivity index (χ2n) is 5.03. The molecule has 1 amide bonds. The standard InChI is InChI=1S/C15H19N3O3/c1-4-12(15(20)21)17(3)14(19)10(2)18-9-16-11-7-5-6-8-13(11)18/h5-10,12H,4H2,1-3H3,(H,20,21). The molecule has 1 N–H and O–H groups in total. The third kappa shape index (κ3) is 2.74. The molecular formula is C15H19N3O3. The molecular weight excluding hydrogens is 270 g/mol. The Labute approximate surface area is 123 Å². The summed E-state index contributed by atoms with van der Waals surface area (Å²) < 4.78 is 1.77. The van der Waals surface area contributed by atoms with Gasteiger partial charge in [-0.2, -0.15) is 0 Å². The quantitative estimate of drug-likeness (QED) is 0.912. The van der Waals surface area contributed by atoms with E-state index in [0.717, 1.165) is 11.0 Å². The molecule has 1 aromatic carbocycles. The Morgan fingerprint density at radius 2 is 2.05 bits per heavy atom. The topological polar surface area (TPSA) is 75.4 Å². The summed E-state index contributed by atoms with van der Waals surface area (Å²) in [5.41, 5.74) is 1.67. The van der Waals surface area contributed by atoms with Gasteiger partial charge in [0.2, 0.25) is 5.91 Å². The molecule has 0 saturated carbocycles. The van der Waals surface area contributed by atoms with Gasteiger partial charge in [-0.1, -0.05) is 19.1 Å². The summed E-state index contributed by atoms with van der Waals surface area (Å²) in [6.45, 7) is 3.50. The van der Waals surface area contributed by atoms with Crippen molar-refractivity contribution in [1.82, 2.24) is 14.5 Å². The highest BCUT2D eigenvalue weighted by atomic mass is 16.4. The van der Waals surface area contributed by atoms with Crippen LogP contribution in [0.3, 0.4) is 0 Å². The van der Waals surface area contributed by atoms with E-state index in [1.807, 2.05) is 24.3 Å². The van der Waals surface area contributed by atoms with Gasteiger partial charge in [0.05, 0.1) is 17.4 Å². The van der Waals surface area contributed by atoms with Crippen LogP contribution in [-0.4, -0.2) is 44.5 Å². The highest BCUT2D eigenvalue weighted by molar-refractivity contribution is 5.87. The fourth-order valence-corrected chi connectivity index (χ4v) is 2.47. The minimum absolute atomic E-state index is 0.243. The van der Waals surface area contributed by atoms with Crippen molar-refractivity contribution in [3.63, 3.8) is 0 Å². The molecule has 2 atom stereocenters. The number of nitrogens with zero attached hydrogens (tertiary/aromatic N) is 3. The van der Waals surface area contributed by atoms with Crippen LogP contribution in [0.25, 0.3) is 11.0 Å². The van der Waals surface area contributed by atoms with E-state index in [1.165, 1.54) is 11.9 Å². The Morgan fingerprint density at radius 1 is 1.38 bits per heavy atom. The maximum Gasteiger partial charge on any atom is 0.326 e. The fourth-order valence-electron chi connectivity index (χ4n) is 2.47. The molecule has 2 aromatic rings. The van der Waals surface area contributed by atoms with Gasteiger partial charge in [0, 0.05) is 7.05 Å². The number of amides is 1. The number of para-hydroxylation sites is 2. The smallest absolute Gasteiger partial charge is 0.326 e. The van der Waals surface area contributed by atoms with Crippen molar-refractivity contribution in [2.75, 3.05) is 7.05 Å². The predicted molar refractivity (Wildman–Crippen MR) is 78.9 cm³/mol. The summed E-state index contributed by atoms with van der Waals surface area (Å²) in [7, 11) is 1.53. The number of aliphatic carboxylic acids is 1. The van der Waals surface area contributed by atoms with Crippen molar-refractivity contribution in [3.05, 3.63) is 30.6 Å². The molecule has 112 valence electrons. The first-order valence-corrected chi connectivity index (χ1v) is 6.88. The Hall–Kier alpha value is -2.37. The second-order valence-corrected chi connectivity index (χ2v) is 5.03. The normalized spacial score (nSPS) is 13.9. The number of hydrogen-bond acceptors (Lipinski definition) is 3. The van der Waals surface area contributed by atoms with E-state index < -0.39 is 18.1 Å². The van der Waals surface area contributed by atoms with Gasteiger partial charge < -0.3 is 14.6 Å². The highest BCUT2D eigenvalue weighted by Gasteiger charge is 2.29. The molecule has 2 unspecified atom stereocenters. The lowest BCUT2D eigenvalue weighted by atomic mass is 10.1. The van der Waals surface area contributed by atoms with Crippen LogP contribution in [0.2, 0.25) is 0 Å². The lowest BCUT2D eigenvalue weighted by Gasteiger charge is -2.27. The van der Waals surface area contributed by atoms with Crippen LogP contribution < -0.4 is 0 Å². The summed E-state index contributed by atoms with van der Waals surface area (Å²) in [4.78, 5) is 29.2. The summed E-state index contributed by atoms with van der Waals surface area (Å²) >= 11 is 0. The van der Waals surface area contributed by atoms with Gasteiger partial charge in [0.15, 0.2) is 0 Å². The number of carbonyl (C=O) groups is 2. The molecule has 1 heterocycles. The molecule has 1 aromatic heterocycles. The molecule has 0 spiro atoms. The first-order valence-electron chi connectivity index (χ1n) is 6.88. The second kappa shape index (κ2) is 5.95. The number of carboxylic acid groups (broad SMARTS) is 1. The van der Waals surface area contributed by atoms with Crippen LogP contribution in [0.4, 0.5) is 0 Å². The van der Waals surface area contributed by atoms with Crippen molar-refractivity contribution in [1.29, 1.82) is 0 Å². The van der Waals surface area contributed by atoms with Crippen LogP contribution in [0.15, 0.2) is 30.6 Å². The summed E-state index contributed by atoms with van der Waals surface area (Å²) in [5.74, 6) is -1.23. The van der Waals surface area contributed by atoms with Crippen molar-refractivity contribution in [2.24, 2.45) is 0 Å². The zero-order valence-corrected chi connectivity index (χ0v) is 12.4. The molecule has 0 aliphatic carbocycles. The first kappa shape index (κ1) is 15.0. The summed E-state index contributed by atoms with van der Waals surface area (Å²) in [6.07, 6.45) is 1.98. The van der Waals surface area contributed by atoms with Gasteiger partial charge in [-0.3, -0.25) is 4.79 Å². The minimum Gasteiger partial charge on any atom is -0.480 e. The average Bonchev–Trinajstić information content (AvgIpc) is 2.89. The molecule has 0 aliphatic heterocycles. The lowest BCUT2D eigenvalue weighted by Crippen LogP contribution is -2.44. The molecule has 0 fully saturated rings. The highest BCUT2D eigenvalue weighted by Crippen LogP contribution is 2.19. The van der Waals surface area contributed by atoms with Gasteiger partial charge in [-0.15, -0.1) is 0 Å². The Bertz CT molecular complexity index is 665. The first-order chi connectivity index (χ1) is 9.97. The number of carbonyl (C=O) groups excluding carboxylic acids is 1. The number of fused-ring (bicyclic) bond motifs is 1. The zero-order chi connectivity index (χ0) is 15.6. The number of benzene rings is 1. The number of likely N-dealkylation sites (N-methyl/N-ethyl adjacent to an activating group) is 1. The van der Waals surface area contributed by atoms with Crippen molar-refractivity contribution in [3.8, 4) is 0 Å². The molecule has 2 rings (SSSR count). The van der Waals surface area contributed by atoms with Crippen LogP contribution in [-0.2, 0) is 9.59 Å². The van der Waals surface area contributed by atoms with Crippen LogP contribution >= 0.6 is 0 Å². The molecule has 6 nitrogen and oxygen atoms in total. The van der Waals surface area contributed by atoms with Crippen molar-refractivity contribution in [2.45, 2.75) is 32.4 Å². The average molecular weight is 289 g/mol. The monoisotopic (exact) mass is 289 g/mol. The van der Waals surface area contributed by atoms with Gasteiger partial charge >= 0.3 is 5.97 Å². The number of rotatable bonds is 5. The van der Waals surface area contributed by atoms with Crippen LogP contribution in [0, 0.1) is 0 Å². The van der Waals surface area contributed by atoms with Gasteiger partial charge in [-0.05, 0) is 25.5 Å². The number of carboxylic acids is 1. The van der Waals surface area contributed by atoms with E-state index in [-0.39, 0.29) is 5.91 Å². The van der Waals surface area contributed by atoms with Crippen LogP contribution in [0.5, 0.6) is 0 Å². The predicted octanol–water partition coefficient (Wildman–Crippen LogP) is 1.92. The maximum absolute atomic E-state index is 12.5. The van der Waals surface area contributed by atoms with Crippen molar-refractivity contribution < 1.29 is 14.7 Å². The van der Waals surface area contributed by atoms with E-state index in [2.05, 4.69) is 4.98 Å². The third-order valence-corrected chi connectivity index (χ3v) is 3.74. The van der Waals surface area contributed by atoms with E-state index in [1.54, 1.807) is 24.7 Å². The van der Waals surface area contributed by atoms with E-state index >= 15 is 0 Å². The van der Waals surface area contributed by atoms with E-state index in [4.69, 9.17) is 5.11 Å². The maximum atomic E-state index is 12.5. The SMILES string of the molecule is CCC(C(=O)O)N(C)C(=O)C(C)n1cnc2ccccc21. The van der Waals surface area contributed by atoms with Gasteiger partial charge in [-0.25, -0.2) is 9.78 Å². The Morgan fingerprint density at radius 3 is 2.67 bits per heavy atom. The lowest BCUT2D eigenvalue weighted by molar-refractivity contribution is -0.150. The third-order valence-electron chi connectivity index (χ3n) is 3.74. The zero-order valence-electron chi connectivity index (χ0n) is 12.4. The molecule has 0 bridgehead atoms. The number of aromatic nitrogens is 2. The number of imidazole rings is 1. The number of hydrogen-bond donors (Lipinski definition) is 1. The molecule has 0 radical (unpaired) electrons. The summed E-state index contributed by atoms with van der Waals surface area (Å²) in [5, 5.41) is 9.16. The fraction of sp³-hybridized carbons (Fsp3) is 0.400. The largest absolute Gasteiger partial charge is 0.480 e. The Balaban J connectivity index is 2.29. The van der Waals surface area contributed by atoms with E-state index in [0.29, 0.717) is 6.42 Å². The van der Waals surface area contributed by atoms with Gasteiger partial charge in [0.1, 0.15) is 12.1 Å². The van der Waals surface area contributed by atoms with E-state index in [9.17, 15) is 9.59 Å². The molecule has 0 aliphatic rings. The molecule has 0 saturated heterocycles. The van der Waals surface area contributed by atoms with Crippen molar-refractivity contribution >= 4 is 22.9 Å². The molecule has 6 heteroatoms. The minimum atomic E-state index is -0.990.